The molecule has 1 amide bonds. The molecule has 0 aliphatic heterocycles. The van der Waals surface area contributed by atoms with E-state index in [9.17, 15) is 9.59 Å². The van der Waals surface area contributed by atoms with Gasteiger partial charge in [0.25, 0.3) is 0 Å². The van der Waals surface area contributed by atoms with Crippen molar-refractivity contribution in [3.8, 4) is 0 Å². The number of nitrogens with one attached hydrogen (secondary N) is 1. The lowest BCUT2D eigenvalue weighted by Gasteiger charge is -2.33. The van der Waals surface area contributed by atoms with Crippen LogP contribution in [0.4, 0.5) is 0 Å². The molecule has 1 heterocycles. The van der Waals surface area contributed by atoms with E-state index >= 15 is 0 Å². The van der Waals surface area contributed by atoms with Gasteiger partial charge in [0.1, 0.15) is 17.6 Å². The quantitative estimate of drug-likeness (QED) is 0.825. The first kappa shape index (κ1) is 14.6. The minimum atomic E-state index is -0.909. The van der Waals surface area contributed by atoms with Crippen LogP contribution in [0.1, 0.15) is 30.4 Å². The average Bonchev–Trinajstić information content (AvgIpc) is 2.73. The van der Waals surface area contributed by atoms with Crippen LogP contribution >= 0.6 is 0 Å². The van der Waals surface area contributed by atoms with Gasteiger partial charge in [0.05, 0.1) is 18.4 Å². The van der Waals surface area contributed by atoms with Crippen LogP contribution in [0.25, 0.3) is 0 Å². The Morgan fingerprint density at radius 1 is 1.45 bits per heavy atom. The Hall–Kier alpha value is -1.82. The van der Waals surface area contributed by atoms with E-state index in [-0.39, 0.29) is 12.5 Å². The first-order chi connectivity index (χ1) is 9.52. The van der Waals surface area contributed by atoms with Crippen LogP contribution in [0.3, 0.4) is 0 Å². The SMILES string of the molecule is COCC(NC(=O)C1CCC1C(=O)O)c1ccc(C)o1. The highest BCUT2D eigenvalue weighted by Crippen LogP contribution is 2.35. The molecule has 1 aliphatic rings. The highest BCUT2D eigenvalue weighted by atomic mass is 16.5. The number of ether oxygens (including phenoxy) is 1. The lowest BCUT2D eigenvalue weighted by molar-refractivity contribution is -0.153. The number of carboxylic acids is 1. The first-order valence-corrected chi connectivity index (χ1v) is 6.61. The molecule has 6 heteroatoms. The monoisotopic (exact) mass is 281 g/mol. The van der Waals surface area contributed by atoms with Crippen LogP contribution in [0, 0.1) is 18.8 Å². The van der Waals surface area contributed by atoms with E-state index < -0.39 is 23.8 Å². The Bertz CT molecular complexity index is 496. The summed E-state index contributed by atoms with van der Waals surface area (Å²) in [5.74, 6) is -0.820. The van der Waals surface area contributed by atoms with Crippen LogP contribution in [-0.2, 0) is 14.3 Å². The highest BCUT2D eigenvalue weighted by Gasteiger charge is 2.42. The van der Waals surface area contributed by atoms with Gasteiger partial charge in [-0.1, -0.05) is 0 Å². The fourth-order valence-electron chi connectivity index (χ4n) is 2.39. The van der Waals surface area contributed by atoms with Gasteiger partial charge in [-0.05, 0) is 31.9 Å². The van der Waals surface area contributed by atoms with E-state index in [0.717, 1.165) is 5.76 Å². The normalized spacial score (nSPS) is 22.9. The maximum Gasteiger partial charge on any atom is 0.307 e. The van der Waals surface area contributed by atoms with Gasteiger partial charge in [-0.15, -0.1) is 0 Å². The highest BCUT2D eigenvalue weighted by molar-refractivity contribution is 5.86. The second-order valence-corrected chi connectivity index (χ2v) is 5.09. The van der Waals surface area contributed by atoms with Gasteiger partial charge in [0.2, 0.25) is 5.91 Å². The molecule has 20 heavy (non-hydrogen) atoms. The number of hydrogen-bond acceptors (Lipinski definition) is 4. The molecule has 0 bridgehead atoms. The molecule has 2 rings (SSSR count). The molecule has 2 N–H and O–H groups in total. The number of aliphatic carboxylic acids is 1. The third-order valence-corrected chi connectivity index (χ3v) is 3.68. The van der Waals surface area contributed by atoms with E-state index in [1.165, 1.54) is 0 Å². The number of carboxylic acid groups (broad SMARTS) is 1. The summed E-state index contributed by atoms with van der Waals surface area (Å²) in [5, 5.41) is 11.8. The predicted octanol–water partition coefficient (Wildman–Crippen LogP) is 1.50. The Balaban J connectivity index is 2.01. The molecular weight excluding hydrogens is 262 g/mol. The van der Waals surface area contributed by atoms with Crippen molar-refractivity contribution in [2.24, 2.45) is 11.8 Å². The second-order valence-electron chi connectivity index (χ2n) is 5.09. The Morgan fingerprint density at radius 2 is 2.15 bits per heavy atom. The van der Waals surface area contributed by atoms with Gasteiger partial charge in [-0.25, -0.2) is 0 Å². The van der Waals surface area contributed by atoms with E-state index in [0.29, 0.717) is 18.6 Å². The molecule has 0 aromatic carbocycles. The van der Waals surface area contributed by atoms with Crippen molar-refractivity contribution in [1.82, 2.24) is 5.32 Å². The van der Waals surface area contributed by atoms with Crippen molar-refractivity contribution >= 4 is 11.9 Å². The van der Waals surface area contributed by atoms with Crippen molar-refractivity contribution in [3.05, 3.63) is 23.7 Å². The number of hydrogen-bond donors (Lipinski definition) is 2. The molecule has 0 saturated heterocycles. The second kappa shape index (κ2) is 6.09. The topological polar surface area (TPSA) is 88.8 Å². The maximum absolute atomic E-state index is 12.1. The van der Waals surface area contributed by atoms with E-state index in [1.807, 2.05) is 13.0 Å². The van der Waals surface area contributed by atoms with E-state index in [2.05, 4.69) is 5.32 Å². The molecule has 1 aromatic rings. The number of aryl methyl sites for hydroxylation is 1. The molecule has 1 saturated carbocycles. The minimum Gasteiger partial charge on any atom is -0.481 e. The van der Waals surface area contributed by atoms with Crippen molar-refractivity contribution < 1.29 is 23.8 Å². The lowest BCUT2D eigenvalue weighted by atomic mass is 9.73. The number of methoxy groups -OCH3 is 1. The largest absolute Gasteiger partial charge is 0.481 e. The van der Waals surface area contributed by atoms with Crippen molar-refractivity contribution in [3.63, 3.8) is 0 Å². The van der Waals surface area contributed by atoms with Gasteiger partial charge in [0.15, 0.2) is 0 Å². The third kappa shape index (κ3) is 3.01. The zero-order chi connectivity index (χ0) is 14.7. The van der Waals surface area contributed by atoms with Gasteiger partial charge >= 0.3 is 5.97 Å². The summed E-state index contributed by atoms with van der Waals surface area (Å²) >= 11 is 0. The summed E-state index contributed by atoms with van der Waals surface area (Å²) in [5.41, 5.74) is 0. The van der Waals surface area contributed by atoms with Crippen molar-refractivity contribution in [2.75, 3.05) is 13.7 Å². The summed E-state index contributed by atoms with van der Waals surface area (Å²) in [7, 11) is 1.54. The first-order valence-electron chi connectivity index (χ1n) is 6.61. The number of carbonyl (C=O) groups excluding carboxylic acids is 1. The van der Waals surface area contributed by atoms with Gasteiger partial charge in [-0.2, -0.15) is 0 Å². The van der Waals surface area contributed by atoms with Crippen molar-refractivity contribution in [1.29, 1.82) is 0 Å². The standard InChI is InChI=1S/C14H19NO5/c1-8-3-6-12(20-8)11(7-19-2)15-13(16)9-4-5-10(9)14(17)18/h3,6,9-11H,4-5,7H2,1-2H3,(H,15,16)(H,17,18). The summed E-state index contributed by atoms with van der Waals surface area (Å²) in [6.07, 6.45) is 1.17. The number of amides is 1. The summed E-state index contributed by atoms with van der Waals surface area (Å²) in [4.78, 5) is 23.1. The molecule has 1 aliphatic carbocycles. The lowest BCUT2D eigenvalue weighted by Crippen LogP contribution is -2.45. The molecule has 1 fully saturated rings. The molecule has 6 nitrogen and oxygen atoms in total. The average molecular weight is 281 g/mol. The molecule has 0 spiro atoms. The minimum absolute atomic E-state index is 0.250. The van der Waals surface area contributed by atoms with Gasteiger partial charge < -0.3 is 19.6 Å². The predicted molar refractivity (Wildman–Crippen MR) is 70.1 cm³/mol. The number of rotatable bonds is 6. The Kier molecular flexibility index (Phi) is 4.44. The molecule has 3 unspecified atom stereocenters. The fraction of sp³-hybridized carbons (Fsp3) is 0.571. The molecular formula is C14H19NO5. The Morgan fingerprint density at radius 3 is 2.60 bits per heavy atom. The fourth-order valence-corrected chi connectivity index (χ4v) is 2.39. The van der Waals surface area contributed by atoms with E-state index in [1.54, 1.807) is 13.2 Å². The summed E-state index contributed by atoms with van der Waals surface area (Å²) in [6.45, 7) is 2.10. The van der Waals surface area contributed by atoms with Crippen LogP contribution in [-0.4, -0.2) is 30.7 Å². The van der Waals surface area contributed by atoms with Crippen LogP contribution in [0.15, 0.2) is 16.5 Å². The van der Waals surface area contributed by atoms with E-state index in [4.69, 9.17) is 14.3 Å². The Labute approximate surface area is 117 Å². The zero-order valence-corrected chi connectivity index (χ0v) is 11.6. The van der Waals surface area contributed by atoms with Crippen molar-refractivity contribution in [2.45, 2.75) is 25.8 Å². The molecule has 1 aromatic heterocycles. The summed E-state index contributed by atoms with van der Waals surface area (Å²) < 4.78 is 10.6. The van der Waals surface area contributed by atoms with Crippen LogP contribution in [0.5, 0.6) is 0 Å². The van der Waals surface area contributed by atoms with Crippen LogP contribution < -0.4 is 5.32 Å². The molecule has 0 radical (unpaired) electrons. The maximum atomic E-state index is 12.1. The van der Waals surface area contributed by atoms with Crippen LogP contribution in [0.2, 0.25) is 0 Å². The third-order valence-electron chi connectivity index (χ3n) is 3.68. The summed E-state index contributed by atoms with van der Waals surface area (Å²) in [6, 6.07) is 3.21. The number of carbonyl (C=O) groups is 2. The molecule has 3 atom stereocenters. The zero-order valence-electron chi connectivity index (χ0n) is 11.6. The van der Waals surface area contributed by atoms with Gasteiger partial charge in [0, 0.05) is 7.11 Å². The van der Waals surface area contributed by atoms with Gasteiger partial charge in [-0.3, -0.25) is 9.59 Å². The smallest absolute Gasteiger partial charge is 0.307 e. The number of furan rings is 1. The molecule has 110 valence electrons.